The molecule has 0 amide bonds. The van der Waals surface area contributed by atoms with Gasteiger partial charge in [0.05, 0.1) is 55.5 Å². The van der Waals surface area contributed by atoms with Gasteiger partial charge >= 0.3 is 5.97 Å². The molecular weight excluding hydrogens is 750 g/mol. The highest BCUT2D eigenvalue weighted by Gasteiger charge is 2.31. The molecule has 286 valence electrons. The number of carbonyl (C=O) groups excluding carboxylic acids is 1. The zero-order valence-electron chi connectivity index (χ0n) is 31.1. The van der Waals surface area contributed by atoms with Gasteiger partial charge in [-0.05, 0) is 55.0 Å². The minimum Gasteiger partial charge on any atom is -0.493 e. The molecule has 0 fully saturated rings. The number of hydrogen-bond acceptors (Lipinski definition) is 11. The molecule has 2 aromatic heterocycles. The van der Waals surface area contributed by atoms with Crippen LogP contribution in [0.3, 0.4) is 0 Å². The number of rotatable bonds is 5. The van der Waals surface area contributed by atoms with Crippen molar-refractivity contribution in [2.24, 2.45) is 14.1 Å². The maximum Gasteiger partial charge on any atom is 0.354 e. The molecule has 0 radical (unpaired) electrons. The number of hydrazine groups is 1. The number of esters is 1. The average molecular weight is 794 g/mol. The number of benzene rings is 3. The minimum atomic E-state index is -3.70. The summed E-state index contributed by atoms with van der Waals surface area (Å²) in [7, 11) is 3.35. The summed E-state index contributed by atoms with van der Waals surface area (Å²) < 4.78 is 51.3. The summed E-state index contributed by atoms with van der Waals surface area (Å²) in [5, 5.41) is 10.4. The predicted molar refractivity (Wildman–Crippen MR) is 212 cm³/mol. The van der Waals surface area contributed by atoms with Gasteiger partial charge in [0.25, 0.3) is 10.1 Å². The lowest BCUT2D eigenvalue weighted by Gasteiger charge is -2.22. The molecule has 2 unspecified atom stereocenters. The van der Waals surface area contributed by atoms with Crippen LogP contribution in [0.25, 0.3) is 32.8 Å². The molecule has 12 nitrogen and oxygen atoms in total. The van der Waals surface area contributed by atoms with E-state index in [1.54, 1.807) is 16.4 Å². The standard InChI is InChI=1S/C39H44ClN5O7S2/c1-23-34-35-31(40)14-13-30-29(38(39(46)49-5)43(2)37(30)35)12-9-16-50-33-20-27(18-24-10-7-8-11-28(24)33)53-22-26-19-25(41-45(26)4)21-51-32(36(34)42-44(23)3)15-17-52-54(6,47)48/h7-8,10-11,13-14,18-20,25,32,41H,9,12,15-17,21-22H2,1-6H3. The average Bonchev–Trinajstić information content (AvgIpc) is 3.74. The highest BCUT2D eigenvalue weighted by Crippen LogP contribution is 2.44. The Morgan fingerprint density at radius 3 is 2.69 bits per heavy atom. The van der Waals surface area contributed by atoms with Gasteiger partial charge in [-0.1, -0.05) is 41.9 Å². The first-order chi connectivity index (χ1) is 25.8. The molecule has 0 saturated carbocycles. The molecular formula is C39H44ClN5O7S2. The Kier molecular flexibility index (Phi) is 11.0. The largest absolute Gasteiger partial charge is 0.493 e. The Bertz CT molecular complexity index is 2390. The molecule has 54 heavy (non-hydrogen) atoms. The molecule has 7 rings (SSSR count). The van der Waals surface area contributed by atoms with Gasteiger partial charge in [0.15, 0.2) is 0 Å². The maximum absolute atomic E-state index is 13.5. The van der Waals surface area contributed by atoms with Crippen molar-refractivity contribution in [1.82, 2.24) is 24.8 Å². The van der Waals surface area contributed by atoms with Crippen LogP contribution < -0.4 is 10.2 Å². The lowest BCUT2D eigenvalue weighted by molar-refractivity contribution is 0.0236. The van der Waals surface area contributed by atoms with Crippen LogP contribution >= 0.6 is 23.4 Å². The van der Waals surface area contributed by atoms with Gasteiger partial charge < -0.3 is 23.8 Å². The van der Waals surface area contributed by atoms with E-state index in [4.69, 9.17) is 35.1 Å². The monoisotopic (exact) mass is 793 g/mol. The Morgan fingerprint density at radius 1 is 1.11 bits per heavy atom. The Morgan fingerprint density at radius 2 is 1.91 bits per heavy atom. The zero-order chi connectivity index (χ0) is 38.3. The first-order valence-electron chi connectivity index (χ1n) is 17.7. The van der Waals surface area contributed by atoms with Crippen molar-refractivity contribution in [1.29, 1.82) is 0 Å². The van der Waals surface area contributed by atoms with Gasteiger partial charge in [0, 0.05) is 71.5 Å². The summed E-state index contributed by atoms with van der Waals surface area (Å²) >= 11 is 8.85. The molecule has 1 N–H and O–H groups in total. The van der Waals surface area contributed by atoms with Crippen molar-refractivity contribution in [2.75, 3.05) is 46.0 Å². The van der Waals surface area contributed by atoms with E-state index in [2.05, 4.69) is 35.8 Å². The first-order valence-corrected chi connectivity index (χ1v) is 20.9. The van der Waals surface area contributed by atoms with E-state index in [-0.39, 0.29) is 25.7 Å². The van der Waals surface area contributed by atoms with Gasteiger partial charge in [-0.25, -0.2) is 10.2 Å². The summed E-state index contributed by atoms with van der Waals surface area (Å²) in [5.41, 5.74) is 9.42. The molecule has 4 heterocycles. The Hall–Kier alpha value is -4.05. The molecule has 2 aliphatic heterocycles. The number of aromatic nitrogens is 3. The summed E-state index contributed by atoms with van der Waals surface area (Å²) in [6, 6.07) is 16.1. The number of fused-ring (bicyclic) bond motifs is 7. The van der Waals surface area contributed by atoms with Gasteiger partial charge in [0.1, 0.15) is 17.5 Å². The third-order valence-electron chi connectivity index (χ3n) is 10.1. The summed E-state index contributed by atoms with van der Waals surface area (Å²) in [4.78, 5) is 14.6. The van der Waals surface area contributed by atoms with Crippen LogP contribution in [0.2, 0.25) is 5.02 Å². The number of ether oxygens (including phenoxy) is 3. The van der Waals surface area contributed by atoms with Crippen molar-refractivity contribution >= 4 is 61.1 Å². The number of halogens is 1. The molecule has 15 heteroatoms. The van der Waals surface area contributed by atoms with Gasteiger partial charge in [-0.15, -0.1) is 11.8 Å². The van der Waals surface area contributed by atoms with Crippen molar-refractivity contribution in [2.45, 2.75) is 43.2 Å². The van der Waals surface area contributed by atoms with Crippen LogP contribution in [0.1, 0.15) is 46.4 Å². The van der Waals surface area contributed by atoms with E-state index in [1.807, 2.05) is 61.9 Å². The molecule has 3 aromatic carbocycles. The third-order valence-corrected chi connectivity index (χ3v) is 12.0. The number of methoxy groups -OCH3 is 1. The van der Waals surface area contributed by atoms with Crippen LogP contribution in [0, 0.1) is 6.92 Å². The SMILES string of the molecule is COC(=O)c1c2c3ccc(Cl)c(c3n1C)-c1c(nn(C)c1C)C(CCOS(C)(=O)=O)OCC1C=C(CSc3cc(c4ccccc4c3)OCCC2)N(C)N1. The highest BCUT2D eigenvalue weighted by atomic mass is 35.5. The van der Waals surface area contributed by atoms with E-state index in [0.29, 0.717) is 47.2 Å². The maximum atomic E-state index is 13.5. The number of thioether (sulfide) groups is 1. The van der Waals surface area contributed by atoms with E-state index < -0.39 is 22.2 Å². The molecule has 8 bridgehead atoms. The molecule has 2 aliphatic rings. The lowest BCUT2D eigenvalue weighted by Crippen LogP contribution is -2.37. The second-order valence-corrected chi connectivity index (χ2v) is 16.7. The van der Waals surface area contributed by atoms with Crippen molar-refractivity contribution < 1.29 is 31.6 Å². The lowest BCUT2D eigenvalue weighted by atomic mass is 9.96. The summed E-state index contributed by atoms with van der Waals surface area (Å²) in [5.74, 6) is 1.06. The normalized spacial score (nSPS) is 18.4. The number of nitrogens with zero attached hydrogens (tertiary/aromatic N) is 4. The topological polar surface area (TPSA) is 126 Å². The van der Waals surface area contributed by atoms with Crippen LogP contribution in [-0.2, 0) is 44.3 Å². The van der Waals surface area contributed by atoms with E-state index in [9.17, 15) is 13.2 Å². The zero-order valence-corrected chi connectivity index (χ0v) is 33.5. The van der Waals surface area contributed by atoms with Gasteiger partial charge in [-0.3, -0.25) is 8.86 Å². The quantitative estimate of drug-likeness (QED) is 0.151. The number of aryl methyl sites for hydroxylation is 3. The van der Waals surface area contributed by atoms with Crippen LogP contribution in [0.4, 0.5) is 0 Å². The van der Waals surface area contributed by atoms with Crippen LogP contribution in [-0.4, -0.2) is 85.8 Å². The van der Waals surface area contributed by atoms with Crippen molar-refractivity contribution in [3.8, 4) is 16.9 Å². The van der Waals surface area contributed by atoms with Gasteiger partial charge in [0.2, 0.25) is 0 Å². The van der Waals surface area contributed by atoms with Crippen LogP contribution in [0.5, 0.6) is 5.75 Å². The van der Waals surface area contributed by atoms with E-state index in [0.717, 1.165) is 61.1 Å². The fourth-order valence-corrected chi connectivity index (χ4v) is 9.08. The molecule has 0 aliphatic carbocycles. The fraction of sp³-hybridized carbons (Fsp3) is 0.385. The van der Waals surface area contributed by atoms with Gasteiger partial charge in [-0.2, -0.15) is 13.5 Å². The number of hydrogen-bond donors (Lipinski definition) is 1. The summed E-state index contributed by atoms with van der Waals surface area (Å²) in [6.07, 6.45) is 3.88. The number of nitrogens with one attached hydrogen (secondary N) is 1. The molecule has 0 saturated heterocycles. The second kappa shape index (κ2) is 15.6. The highest BCUT2D eigenvalue weighted by molar-refractivity contribution is 7.99. The van der Waals surface area contributed by atoms with Crippen molar-refractivity contribution in [3.05, 3.63) is 88.0 Å². The molecule has 0 spiro atoms. The second-order valence-electron chi connectivity index (χ2n) is 13.6. The summed E-state index contributed by atoms with van der Waals surface area (Å²) in [6.45, 7) is 2.54. The Balaban J connectivity index is 1.38. The fourth-order valence-electron chi connectivity index (χ4n) is 7.42. The molecule has 2 atom stereocenters. The number of carbonyl (C=O) groups is 1. The Labute approximate surface area is 324 Å². The molecule has 5 aromatic rings. The smallest absolute Gasteiger partial charge is 0.354 e. The predicted octanol–water partition coefficient (Wildman–Crippen LogP) is 6.72. The van der Waals surface area contributed by atoms with E-state index in [1.165, 1.54) is 7.11 Å². The van der Waals surface area contributed by atoms with Crippen molar-refractivity contribution in [3.63, 3.8) is 0 Å². The van der Waals surface area contributed by atoms with Crippen LogP contribution in [0.15, 0.2) is 65.2 Å². The first kappa shape index (κ1) is 38.2. The minimum absolute atomic E-state index is 0.108. The van der Waals surface area contributed by atoms with E-state index >= 15 is 0 Å². The third kappa shape index (κ3) is 7.60.